The zero-order valence-electron chi connectivity index (χ0n) is 9.12. The van der Waals surface area contributed by atoms with Gasteiger partial charge in [-0.1, -0.05) is 12.8 Å². The first-order chi connectivity index (χ1) is 7.22. The normalized spacial score (nSPS) is 9.67. The zero-order valence-corrected chi connectivity index (χ0v) is 9.12. The van der Waals surface area contributed by atoms with E-state index in [-0.39, 0.29) is 5.91 Å². The van der Waals surface area contributed by atoms with Crippen molar-refractivity contribution in [2.45, 2.75) is 20.3 Å². The molecular weight excluding hydrogens is 190 g/mol. The molecule has 0 N–H and O–H groups in total. The van der Waals surface area contributed by atoms with Gasteiger partial charge in [0.2, 0.25) is 0 Å². The molecule has 3 nitrogen and oxygen atoms in total. The summed E-state index contributed by atoms with van der Waals surface area (Å²) in [5.74, 6) is 3.49. The minimum Gasteiger partial charge on any atom is -0.456 e. The Kier molecular flexibility index (Phi) is 3.99. The maximum absolute atomic E-state index is 11.8. The van der Waals surface area contributed by atoms with E-state index in [0.717, 1.165) is 12.2 Å². The zero-order chi connectivity index (χ0) is 11.3. The van der Waals surface area contributed by atoms with E-state index in [1.54, 1.807) is 11.0 Å². The van der Waals surface area contributed by atoms with E-state index in [9.17, 15) is 4.79 Å². The topological polar surface area (TPSA) is 33.5 Å². The molecule has 0 atom stereocenters. The molecule has 0 aliphatic rings. The molecule has 0 aliphatic heterocycles. The average molecular weight is 205 g/mol. The Labute approximate surface area is 90.1 Å². The van der Waals surface area contributed by atoms with Crippen LogP contribution in [-0.4, -0.2) is 23.9 Å². The predicted molar refractivity (Wildman–Crippen MR) is 58.5 cm³/mol. The fraction of sp³-hybridized carbons (Fsp3) is 0.417. The Morgan fingerprint density at radius 1 is 1.53 bits per heavy atom. The van der Waals surface area contributed by atoms with Crippen molar-refractivity contribution < 1.29 is 9.21 Å². The van der Waals surface area contributed by atoms with E-state index in [1.165, 1.54) is 0 Å². The van der Waals surface area contributed by atoms with Gasteiger partial charge >= 0.3 is 0 Å². The summed E-state index contributed by atoms with van der Waals surface area (Å²) in [5, 5.41) is 0. The van der Waals surface area contributed by atoms with Crippen molar-refractivity contribution >= 4 is 5.91 Å². The quantitative estimate of drug-likeness (QED) is 0.704. The van der Waals surface area contributed by atoms with Crippen LogP contribution < -0.4 is 0 Å². The molecule has 1 rings (SSSR count). The number of aryl methyl sites for hydroxylation is 1. The first-order valence-corrected chi connectivity index (χ1v) is 5.04. The third-order valence-electron chi connectivity index (χ3n) is 2.17. The number of terminal acetylenes is 1. The number of nitrogens with zero attached hydrogens (tertiary/aromatic N) is 1. The maximum atomic E-state index is 11.8. The number of amides is 1. The van der Waals surface area contributed by atoms with Crippen LogP contribution in [0, 0.1) is 12.3 Å². The monoisotopic (exact) mass is 205 g/mol. The number of hydrogen-bond acceptors (Lipinski definition) is 2. The number of rotatable bonds is 4. The summed E-state index contributed by atoms with van der Waals surface area (Å²) in [7, 11) is 0. The van der Waals surface area contributed by atoms with Crippen LogP contribution >= 0.6 is 0 Å². The summed E-state index contributed by atoms with van der Waals surface area (Å²) >= 11 is 0. The lowest BCUT2D eigenvalue weighted by Crippen LogP contribution is -2.30. The molecule has 0 saturated heterocycles. The minimum atomic E-state index is -0.143. The number of carbonyl (C=O) groups is 1. The Balaban J connectivity index is 2.79. The maximum Gasteiger partial charge on any atom is 0.290 e. The van der Waals surface area contributed by atoms with Gasteiger partial charge in [0, 0.05) is 13.0 Å². The molecule has 0 aromatic carbocycles. The SMILES string of the molecule is C#CCN(CC)C(=O)c1ccc(CC)o1. The van der Waals surface area contributed by atoms with Gasteiger partial charge < -0.3 is 9.32 Å². The van der Waals surface area contributed by atoms with Crippen LogP contribution in [0.1, 0.15) is 30.2 Å². The molecule has 80 valence electrons. The molecule has 0 bridgehead atoms. The largest absolute Gasteiger partial charge is 0.456 e. The van der Waals surface area contributed by atoms with Gasteiger partial charge in [-0.3, -0.25) is 4.79 Å². The molecule has 0 radical (unpaired) electrons. The van der Waals surface area contributed by atoms with E-state index in [1.807, 2.05) is 19.9 Å². The summed E-state index contributed by atoms with van der Waals surface area (Å²) in [5.41, 5.74) is 0. The van der Waals surface area contributed by atoms with Crippen molar-refractivity contribution in [3.63, 3.8) is 0 Å². The van der Waals surface area contributed by atoms with Gasteiger partial charge in [-0.15, -0.1) is 6.42 Å². The van der Waals surface area contributed by atoms with Crippen molar-refractivity contribution in [2.24, 2.45) is 0 Å². The highest BCUT2D eigenvalue weighted by Crippen LogP contribution is 2.10. The Bertz CT molecular complexity index is 373. The highest BCUT2D eigenvalue weighted by molar-refractivity contribution is 5.91. The van der Waals surface area contributed by atoms with Crippen LogP contribution in [0.15, 0.2) is 16.5 Å². The second-order valence-electron chi connectivity index (χ2n) is 3.14. The van der Waals surface area contributed by atoms with E-state index in [4.69, 9.17) is 10.8 Å². The lowest BCUT2D eigenvalue weighted by molar-refractivity contribution is 0.0751. The summed E-state index contributed by atoms with van der Waals surface area (Å²) < 4.78 is 5.36. The van der Waals surface area contributed by atoms with Crippen LogP contribution in [0.3, 0.4) is 0 Å². The molecule has 1 amide bonds. The molecule has 3 heteroatoms. The molecule has 0 spiro atoms. The molecule has 0 unspecified atom stereocenters. The fourth-order valence-electron chi connectivity index (χ4n) is 1.28. The third kappa shape index (κ3) is 2.63. The van der Waals surface area contributed by atoms with Crippen molar-refractivity contribution in [3.05, 3.63) is 23.7 Å². The second kappa shape index (κ2) is 5.26. The van der Waals surface area contributed by atoms with Crippen molar-refractivity contribution in [1.82, 2.24) is 4.90 Å². The van der Waals surface area contributed by atoms with Gasteiger partial charge in [-0.25, -0.2) is 0 Å². The second-order valence-corrected chi connectivity index (χ2v) is 3.14. The molecular formula is C12H15NO2. The highest BCUT2D eigenvalue weighted by atomic mass is 16.4. The predicted octanol–water partition coefficient (Wildman–Crippen LogP) is 1.94. The van der Waals surface area contributed by atoms with Gasteiger partial charge in [0.1, 0.15) is 5.76 Å². The third-order valence-corrected chi connectivity index (χ3v) is 2.17. The Morgan fingerprint density at radius 2 is 2.27 bits per heavy atom. The van der Waals surface area contributed by atoms with E-state index in [0.29, 0.717) is 18.8 Å². The lowest BCUT2D eigenvalue weighted by atomic mass is 10.3. The van der Waals surface area contributed by atoms with Crippen molar-refractivity contribution in [3.8, 4) is 12.3 Å². The Morgan fingerprint density at radius 3 is 2.73 bits per heavy atom. The first-order valence-electron chi connectivity index (χ1n) is 5.04. The first kappa shape index (κ1) is 11.4. The molecule has 15 heavy (non-hydrogen) atoms. The van der Waals surface area contributed by atoms with E-state index in [2.05, 4.69) is 5.92 Å². The molecule has 0 saturated carbocycles. The Hall–Kier alpha value is -1.69. The van der Waals surface area contributed by atoms with Gasteiger partial charge in [0.25, 0.3) is 5.91 Å². The van der Waals surface area contributed by atoms with E-state index < -0.39 is 0 Å². The summed E-state index contributed by atoms with van der Waals surface area (Å²) in [6.07, 6.45) is 5.96. The molecule has 1 aromatic heterocycles. The van der Waals surface area contributed by atoms with Crippen LogP contribution in [0.25, 0.3) is 0 Å². The molecule has 1 heterocycles. The van der Waals surface area contributed by atoms with Gasteiger partial charge in [0.15, 0.2) is 5.76 Å². The molecule has 0 fully saturated rings. The van der Waals surface area contributed by atoms with Crippen molar-refractivity contribution in [2.75, 3.05) is 13.1 Å². The van der Waals surface area contributed by atoms with Gasteiger partial charge in [-0.05, 0) is 19.1 Å². The van der Waals surface area contributed by atoms with Crippen LogP contribution in [0.4, 0.5) is 0 Å². The summed E-state index contributed by atoms with van der Waals surface area (Å²) in [6.45, 7) is 4.77. The average Bonchev–Trinajstić information content (AvgIpc) is 2.73. The van der Waals surface area contributed by atoms with Gasteiger partial charge in [-0.2, -0.15) is 0 Å². The summed E-state index contributed by atoms with van der Waals surface area (Å²) in [6, 6.07) is 3.51. The number of hydrogen-bond donors (Lipinski definition) is 0. The number of furan rings is 1. The molecule has 1 aromatic rings. The van der Waals surface area contributed by atoms with Crippen molar-refractivity contribution in [1.29, 1.82) is 0 Å². The molecule has 0 aliphatic carbocycles. The summed E-state index contributed by atoms with van der Waals surface area (Å²) in [4.78, 5) is 13.4. The van der Waals surface area contributed by atoms with Crippen LogP contribution in [0.2, 0.25) is 0 Å². The lowest BCUT2D eigenvalue weighted by Gasteiger charge is -2.15. The fourth-order valence-corrected chi connectivity index (χ4v) is 1.28. The smallest absolute Gasteiger partial charge is 0.290 e. The van der Waals surface area contributed by atoms with Crippen LogP contribution in [0.5, 0.6) is 0 Å². The standard InChI is InChI=1S/C12H15NO2/c1-4-9-13(6-3)12(14)11-8-7-10(5-2)15-11/h1,7-8H,5-6,9H2,2-3H3. The highest BCUT2D eigenvalue weighted by Gasteiger charge is 2.16. The van der Waals surface area contributed by atoms with Gasteiger partial charge in [0.05, 0.1) is 6.54 Å². The number of carbonyl (C=O) groups excluding carboxylic acids is 1. The minimum absolute atomic E-state index is 0.143. The van der Waals surface area contributed by atoms with Crippen LogP contribution in [-0.2, 0) is 6.42 Å². The van der Waals surface area contributed by atoms with E-state index >= 15 is 0 Å².